The molecule has 0 atom stereocenters. The van der Waals surface area contributed by atoms with Gasteiger partial charge in [-0.2, -0.15) is 5.10 Å². The second-order valence-electron chi connectivity index (χ2n) is 6.06. The lowest BCUT2D eigenvalue weighted by Gasteiger charge is -2.34. The molecule has 1 fully saturated rings. The highest BCUT2D eigenvalue weighted by molar-refractivity contribution is 7.15. The van der Waals surface area contributed by atoms with E-state index in [0.29, 0.717) is 0 Å². The molecule has 0 N–H and O–H groups in total. The molecule has 2 aromatic heterocycles. The van der Waals surface area contributed by atoms with Gasteiger partial charge in [0.25, 0.3) is 0 Å². The number of benzene rings is 1. The average molecular weight is 339 g/mol. The highest BCUT2D eigenvalue weighted by Crippen LogP contribution is 2.24. The Morgan fingerprint density at radius 3 is 2.54 bits per heavy atom. The molecule has 0 unspecified atom stereocenters. The van der Waals surface area contributed by atoms with E-state index in [4.69, 9.17) is 0 Å². The Morgan fingerprint density at radius 1 is 0.958 bits per heavy atom. The molecular formula is C18H21N5S. The summed E-state index contributed by atoms with van der Waals surface area (Å²) < 4.78 is 1.94. The zero-order valence-electron chi connectivity index (χ0n) is 13.6. The Morgan fingerprint density at radius 2 is 1.79 bits per heavy atom. The van der Waals surface area contributed by atoms with Crippen LogP contribution in [0.5, 0.6) is 0 Å². The van der Waals surface area contributed by atoms with Gasteiger partial charge in [-0.25, -0.2) is 4.98 Å². The Balaban J connectivity index is 1.32. The summed E-state index contributed by atoms with van der Waals surface area (Å²) in [6, 6.07) is 12.7. The molecule has 0 saturated carbocycles. The molecule has 5 nitrogen and oxygen atoms in total. The third-order valence-corrected chi connectivity index (χ3v) is 5.35. The van der Waals surface area contributed by atoms with E-state index in [1.54, 1.807) is 11.3 Å². The van der Waals surface area contributed by atoms with Crippen LogP contribution in [0.1, 0.15) is 10.4 Å². The SMILES string of the molecule is c1ccc(CN2CCN(c3ncc(Cn4cccn4)s3)CC2)cc1. The first-order valence-electron chi connectivity index (χ1n) is 8.30. The molecule has 124 valence electrons. The molecule has 3 aromatic rings. The Hall–Kier alpha value is -2.18. The third-order valence-electron chi connectivity index (χ3n) is 4.31. The second-order valence-corrected chi connectivity index (χ2v) is 7.16. The minimum Gasteiger partial charge on any atom is -0.346 e. The summed E-state index contributed by atoms with van der Waals surface area (Å²) in [5.41, 5.74) is 1.39. The van der Waals surface area contributed by atoms with Crippen LogP contribution in [0, 0.1) is 0 Å². The van der Waals surface area contributed by atoms with Gasteiger partial charge in [0.15, 0.2) is 5.13 Å². The van der Waals surface area contributed by atoms with Crippen molar-refractivity contribution in [2.45, 2.75) is 13.1 Å². The quantitative estimate of drug-likeness (QED) is 0.716. The van der Waals surface area contributed by atoms with Gasteiger partial charge in [0.2, 0.25) is 0 Å². The number of aromatic nitrogens is 3. The lowest BCUT2D eigenvalue weighted by molar-refractivity contribution is 0.250. The van der Waals surface area contributed by atoms with Crippen LogP contribution in [0.4, 0.5) is 5.13 Å². The minimum atomic E-state index is 0.804. The number of anilines is 1. The van der Waals surface area contributed by atoms with Crippen LogP contribution in [-0.2, 0) is 13.1 Å². The first kappa shape index (κ1) is 15.4. The number of nitrogens with zero attached hydrogens (tertiary/aromatic N) is 5. The summed E-state index contributed by atoms with van der Waals surface area (Å²) in [6.07, 6.45) is 5.79. The number of hydrogen-bond acceptors (Lipinski definition) is 5. The molecule has 0 aliphatic carbocycles. The van der Waals surface area contributed by atoms with Crippen molar-refractivity contribution in [3.05, 3.63) is 65.4 Å². The molecule has 6 heteroatoms. The van der Waals surface area contributed by atoms with Crippen molar-refractivity contribution in [1.29, 1.82) is 0 Å². The molecular weight excluding hydrogens is 318 g/mol. The monoisotopic (exact) mass is 339 g/mol. The van der Waals surface area contributed by atoms with Crippen LogP contribution in [0.25, 0.3) is 0 Å². The molecule has 1 aliphatic rings. The Labute approximate surface area is 146 Å². The maximum absolute atomic E-state index is 4.61. The van der Waals surface area contributed by atoms with Crippen molar-refractivity contribution in [2.75, 3.05) is 31.1 Å². The molecule has 1 aliphatic heterocycles. The van der Waals surface area contributed by atoms with Crippen LogP contribution in [-0.4, -0.2) is 45.8 Å². The Kier molecular flexibility index (Phi) is 4.57. The van der Waals surface area contributed by atoms with Crippen LogP contribution >= 0.6 is 11.3 Å². The van der Waals surface area contributed by atoms with Crippen LogP contribution < -0.4 is 4.90 Å². The summed E-state index contributed by atoms with van der Waals surface area (Å²) in [4.78, 5) is 10.8. The summed E-state index contributed by atoms with van der Waals surface area (Å²) in [7, 11) is 0. The van der Waals surface area contributed by atoms with Crippen molar-refractivity contribution in [2.24, 2.45) is 0 Å². The van der Waals surface area contributed by atoms with Gasteiger partial charge in [0.1, 0.15) is 0 Å². The number of hydrogen-bond donors (Lipinski definition) is 0. The Bertz CT molecular complexity index is 745. The molecule has 0 spiro atoms. The fraction of sp³-hybridized carbons (Fsp3) is 0.333. The third kappa shape index (κ3) is 3.66. The van der Waals surface area contributed by atoms with E-state index in [9.17, 15) is 0 Å². The van der Waals surface area contributed by atoms with Gasteiger partial charge < -0.3 is 4.90 Å². The lowest BCUT2D eigenvalue weighted by Crippen LogP contribution is -2.45. The second kappa shape index (κ2) is 7.15. The van der Waals surface area contributed by atoms with Crippen molar-refractivity contribution >= 4 is 16.5 Å². The molecule has 0 bridgehead atoms. The predicted molar refractivity (Wildman–Crippen MR) is 97.4 cm³/mol. The fourth-order valence-corrected chi connectivity index (χ4v) is 3.96. The van der Waals surface area contributed by atoms with E-state index >= 15 is 0 Å². The number of thiazole rings is 1. The van der Waals surface area contributed by atoms with Gasteiger partial charge in [-0.15, -0.1) is 0 Å². The van der Waals surface area contributed by atoms with E-state index in [1.165, 1.54) is 10.4 Å². The van der Waals surface area contributed by atoms with Crippen molar-refractivity contribution in [3.63, 3.8) is 0 Å². The molecule has 1 aromatic carbocycles. The highest BCUT2D eigenvalue weighted by Gasteiger charge is 2.19. The summed E-state index contributed by atoms with van der Waals surface area (Å²) in [5.74, 6) is 0. The average Bonchev–Trinajstić information content (AvgIpc) is 3.29. The normalized spacial score (nSPS) is 15.8. The first-order chi connectivity index (χ1) is 11.9. The molecule has 4 rings (SSSR count). The topological polar surface area (TPSA) is 37.2 Å². The number of rotatable bonds is 5. The molecule has 3 heterocycles. The molecule has 0 amide bonds. The fourth-order valence-electron chi connectivity index (χ4n) is 3.01. The van der Waals surface area contributed by atoms with E-state index in [0.717, 1.165) is 44.4 Å². The van der Waals surface area contributed by atoms with E-state index in [2.05, 4.69) is 50.2 Å². The lowest BCUT2D eigenvalue weighted by atomic mass is 10.2. The van der Waals surface area contributed by atoms with Gasteiger partial charge in [0.05, 0.1) is 6.54 Å². The van der Waals surface area contributed by atoms with E-state index in [-0.39, 0.29) is 0 Å². The summed E-state index contributed by atoms with van der Waals surface area (Å²) in [5, 5.41) is 5.39. The maximum Gasteiger partial charge on any atom is 0.185 e. The van der Waals surface area contributed by atoms with Gasteiger partial charge in [-0.3, -0.25) is 9.58 Å². The zero-order chi connectivity index (χ0) is 16.2. The first-order valence-corrected chi connectivity index (χ1v) is 9.12. The highest BCUT2D eigenvalue weighted by atomic mass is 32.1. The van der Waals surface area contributed by atoms with Gasteiger partial charge in [0, 0.05) is 56.2 Å². The van der Waals surface area contributed by atoms with Crippen molar-refractivity contribution in [1.82, 2.24) is 19.7 Å². The van der Waals surface area contributed by atoms with Gasteiger partial charge in [-0.05, 0) is 11.6 Å². The largest absolute Gasteiger partial charge is 0.346 e. The predicted octanol–water partition coefficient (Wildman–Crippen LogP) is 2.71. The standard InChI is InChI=1S/C18H21N5S/c1-2-5-16(6-3-1)14-21-9-11-22(12-10-21)18-19-13-17(24-18)15-23-8-4-7-20-23/h1-8,13H,9-12,14-15H2. The van der Waals surface area contributed by atoms with E-state index in [1.807, 2.05) is 29.3 Å². The maximum atomic E-state index is 4.61. The summed E-state index contributed by atoms with van der Waals surface area (Å²) in [6.45, 7) is 6.10. The zero-order valence-corrected chi connectivity index (χ0v) is 14.4. The van der Waals surface area contributed by atoms with Crippen molar-refractivity contribution < 1.29 is 0 Å². The van der Waals surface area contributed by atoms with Crippen LogP contribution in [0.2, 0.25) is 0 Å². The molecule has 1 saturated heterocycles. The van der Waals surface area contributed by atoms with Crippen LogP contribution in [0.15, 0.2) is 55.0 Å². The molecule has 0 radical (unpaired) electrons. The number of piperazine rings is 1. The summed E-state index contributed by atoms with van der Waals surface area (Å²) >= 11 is 1.78. The smallest absolute Gasteiger partial charge is 0.185 e. The minimum absolute atomic E-state index is 0.804. The molecule has 24 heavy (non-hydrogen) atoms. The van der Waals surface area contributed by atoms with E-state index < -0.39 is 0 Å². The van der Waals surface area contributed by atoms with Crippen LogP contribution in [0.3, 0.4) is 0 Å². The van der Waals surface area contributed by atoms with Gasteiger partial charge >= 0.3 is 0 Å². The van der Waals surface area contributed by atoms with Gasteiger partial charge in [-0.1, -0.05) is 41.7 Å². The van der Waals surface area contributed by atoms with Crippen molar-refractivity contribution in [3.8, 4) is 0 Å².